The monoisotopic (exact) mass is 408 g/mol. The van der Waals surface area contributed by atoms with Crippen molar-refractivity contribution in [2.24, 2.45) is 0 Å². The summed E-state index contributed by atoms with van der Waals surface area (Å²) >= 11 is 0. The fraction of sp³-hybridized carbons (Fsp3) is 0.318. The molecule has 1 aliphatic heterocycles. The number of benzene rings is 2. The Balaban J connectivity index is 1.53. The van der Waals surface area contributed by atoms with E-state index in [9.17, 15) is 4.79 Å². The van der Waals surface area contributed by atoms with E-state index in [0.29, 0.717) is 19.8 Å². The SMILES string of the molecule is CCOC(Cn1cc(C(=O)NC2c3ccccc3Oc3ccccc32)nn1)OCC. The fourth-order valence-corrected chi connectivity index (χ4v) is 3.44. The maximum absolute atomic E-state index is 13.0. The van der Waals surface area contributed by atoms with Crippen LogP contribution in [0.5, 0.6) is 11.5 Å². The Labute approximate surface area is 174 Å². The first-order valence-electron chi connectivity index (χ1n) is 9.99. The molecule has 0 unspecified atom stereocenters. The first-order valence-corrected chi connectivity index (χ1v) is 9.99. The van der Waals surface area contributed by atoms with Gasteiger partial charge in [-0.3, -0.25) is 4.79 Å². The molecule has 1 N–H and O–H groups in total. The van der Waals surface area contributed by atoms with E-state index in [0.717, 1.165) is 22.6 Å². The number of fused-ring (bicyclic) bond motifs is 2. The first kappa shape index (κ1) is 20.1. The third-order valence-corrected chi connectivity index (χ3v) is 4.77. The smallest absolute Gasteiger partial charge is 0.274 e. The molecule has 1 aromatic heterocycles. The molecule has 1 aliphatic rings. The normalized spacial score (nSPS) is 12.9. The topological polar surface area (TPSA) is 87.5 Å². The second-order valence-electron chi connectivity index (χ2n) is 6.75. The number of rotatable bonds is 8. The van der Waals surface area contributed by atoms with E-state index < -0.39 is 6.29 Å². The zero-order valence-electron chi connectivity index (χ0n) is 16.9. The lowest BCUT2D eigenvalue weighted by Crippen LogP contribution is -2.31. The van der Waals surface area contributed by atoms with Gasteiger partial charge in [0.2, 0.25) is 0 Å². The zero-order chi connectivity index (χ0) is 20.9. The molecule has 8 heteroatoms. The van der Waals surface area contributed by atoms with Gasteiger partial charge in [0.25, 0.3) is 5.91 Å². The number of nitrogens with one attached hydrogen (secondary N) is 1. The second-order valence-corrected chi connectivity index (χ2v) is 6.75. The molecule has 1 amide bonds. The molecule has 0 saturated heterocycles. The van der Waals surface area contributed by atoms with Gasteiger partial charge in [0.05, 0.1) is 18.8 Å². The highest BCUT2D eigenvalue weighted by Crippen LogP contribution is 2.42. The highest BCUT2D eigenvalue weighted by Gasteiger charge is 2.29. The Bertz CT molecular complexity index is 968. The van der Waals surface area contributed by atoms with Gasteiger partial charge in [-0.05, 0) is 26.0 Å². The number of carbonyl (C=O) groups excluding carboxylic acids is 1. The summed E-state index contributed by atoms with van der Waals surface area (Å²) in [6, 6.07) is 15.0. The molecule has 0 radical (unpaired) electrons. The molecular formula is C22H24N4O4. The Morgan fingerprint density at radius 2 is 1.67 bits per heavy atom. The number of carbonyl (C=O) groups is 1. The lowest BCUT2D eigenvalue weighted by atomic mass is 9.94. The molecule has 2 aromatic carbocycles. The van der Waals surface area contributed by atoms with Crippen LogP contribution in [0.2, 0.25) is 0 Å². The van der Waals surface area contributed by atoms with Crippen molar-refractivity contribution in [2.75, 3.05) is 13.2 Å². The predicted molar refractivity (Wildman–Crippen MR) is 109 cm³/mol. The van der Waals surface area contributed by atoms with Crippen LogP contribution < -0.4 is 10.1 Å². The molecule has 3 aromatic rings. The minimum Gasteiger partial charge on any atom is -0.457 e. The van der Waals surface area contributed by atoms with Crippen LogP contribution in [0.4, 0.5) is 0 Å². The number of aromatic nitrogens is 3. The summed E-state index contributed by atoms with van der Waals surface area (Å²) in [5, 5.41) is 11.1. The Hall–Kier alpha value is -3.23. The van der Waals surface area contributed by atoms with Gasteiger partial charge in [0, 0.05) is 24.3 Å². The molecule has 4 rings (SSSR count). The van der Waals surface area contributed by atoms with Gasteiger partial charge >= 0.3 is 0 Å². The van der Waals surface area contributed by atoms with Crippen LogP contribution in [0.3, 0.4) is 0 Å². The van der Waals surface area contributed by atoms with Crippen LogP contribution >= 0.6 is 0 Å². The second kappa shape index (κ2) is 9.06. The van der Waals surface area contributed by atoms with Crippen LogP contribution in [-0.2, 0) is 16.0 Å². The van der Waals surface area contributed by atoms with Gasteiger partial charge in [-0.15, -0.1) is 5.10 Å². The largest absolute Gasteiger partial charge is 0.457 e. The molecule has 156 valence electrons. The summed E-state index contributed by atoms with van der Waals surface area (Å²) in [5.74, 6) is 1.13. The van der Waals surface area contributed by atoms with E-state index in [4.69, 9.17) is 14.2 Å². The Morgan fingerprint density at radius 3 is 2.27 bits per heavy atom. The summed E-state index contributed by atoms with van der Waals surface area (Å²) in [6.45, 7) is 5.20. The van der Waals surface area contributed by atoms with Crippen LogP contribution in [0.1, 0.15) is 41.5 Å². The van der Waals surface area contributed by atoms with Crippen molar-refractivity contribution in [3.63, 3.8) is 0 Å². The van der Waals surface area contributed by atoms with Crippen molar-refractivity contribution in [1.82, 2.24) is 20.3 Å². The summed E-state index contributed by atoms with van der Waals surface area (Å²) < 4.78 is 18.6. The molecule has 0 atom stereocenters. The molecule has 0 spiro atoms. The van der Waals surface area contributed by atoms with Crippen molar-refractivity contribution in [1.29, 1.82) is 0 Å². The molecule has 0 saturated carbocycles. The summed E-state index contributed by atoms with van der Waals surface area (Å²) in [6.07, 6.45) is 1.16. The highest BCUT2D eigenvalue weighted by atomic mass is 16.7. The Kier molecular flexibility index (Phi) is 6.06. The summed E-state index contributed by atoms with van der Waals surface area (Å²) in [4.78, 5) is 13.0. The maximum atomic E-state index is 13.0. The van der Waals surface area contributed by atoms with Gasteiger partial charge in [-0.25, -0.2) is 4.68 Å². The minimum absolute atomic E-state index is 0.225. The number of ether oxygens (including phenoxy) is 3. The summed E-state index contributed by atoms with van der Waals surface area (Å²) in [7, 11) is 0. The third-order valence-electron chi connectivity index (χ3n) is 4.77. The van der Waals surface area contributed by atoms with E-state index >= 15 is 0 Å². The van der Waals surface area contributed by atoms with Crippen LogP contribution in [0.25, 0.3) is 0 Å². The van der Waals surface area contributed by atoms with Gasteiger partial charge in [-0.2, -0.15) is 0 Å². The third kappa shape index (κ3) is 4.19. The number of nitrogens with zero attached hydrogens (tertiary/aromatic N) is 3. The number of hydrogen-bond donors (Lipinski definition) is 1. The number of hydrogen-bond acceptors (Lipinski definition) is 6. The lowest BCUT2D eigenvalue weighted by Gasteiger charge is -2.28. The molecule has 0 bridgehead atoms. The zero-order valence-corrected chi connectivity index (χ0v) is 16.9. The van der Waals surface area contributed by atoms with E-state index in [1.54, 1.807) is 10.9 Å². The number of para-hydroxylation sites is 2. The van der Waals surface area contributed by atoms with Crippen LogP contribution in [0, 0.1) is 0 Å². The van der Waals surface area contributed by atoms with Crippen molar-refractivity contribution in [3.05, 3.63) is 71.5 Å². The van der Waals surface area contributed by atoms with Crippen molar-refractivity contribution in [2.45, 2.75) is 32.7 Å². The fourth-order valence-electron chi connectivity index (χ4n) is 3.44. The van der Waals surface area contributed by atoms with Crippen molar-refractivity contribution < 1.29 is 19.0 Å². The number of amides is 1. The van der Waals surface area contributed by atoms with Gasteiger partial charge < -0.3 is 19.5 Å². The van der Waals surface area contributed by atoms with Gasteiger partial charge in [0.15, 0.2) is 12.0 Å². The molecule has 2 heterocycles. The minimum atomic E-state index is -0.438. The Morgan fingerprint density at radius 1 is 1.07 bits per heavy atom. The molecule has 30 heavy (non-hydrogen) atoms. The summed E-state index contributed by atoms with van der Waals surface area (Å²) in [5.41, 5.74) is 2.01. The average molecular weight is 408 g/mol. The highest BCUT2D eigenvalue weighted by molar-refractivity contribution is 5.92. The van der Waals surface area contributed by atoms with Crippen LogP contribution in [0.15, 0.2) is 54.7 Å². The van der Waals surface area contributed by atoms with E-state index in [2.05, 4.69) is 15.6 Å². The quantitative estimate of drug-likeness (QED) is 0.576. The van der Waals surface area contributed by atoms with Gasteiger partial charge in [0.1, 0.15) is 11.5 Å². The van der Waals surface area contributed by atoms with E-state index in [-0.39, 0.29) is 17.6 Å². The average Bonchev–Trinajstić information content (AvgIpc) is 3.22. The predicted octanol–water partition coefficient (Wildman–Crippen LogP) is 3.30. The molecule has 0 fully saturated rings. The molecule has 8 nitrogen and oxygen atoms in total. The van der Waals surface area contributed by atoms with Crippen LogP contribution in [-0.4, -0.2) is 40.4 Å². The maximum Gasteiger partial charge on any atom is 0.274 e. The molecular weight excluding hydrogens is 384 g/mol. The van der Waals surface area contributed by atoms with E-state index in [1.807, 2.05) is 62.4 Å². The van der Waals surface area contributed by atoms with E-state index in [1.165, 1.54) is 0 Å². The lowest BCUT2D eigenvalue weighted by molar-refractivity contribution is -0.145. The first-order chi connectivity index (χ1) is 14.7. The van der Waals surface area contributed by atoms with Crippen molar-refractivity contribution in [3.8, 4) is 11.5 Å². The molecule has 0 aliphatic carbocycles. The standard InChI is InChI=1S/C22H24N4O4/c1-3-28-20(29-4-2)14-26-13-17(24-25-26)22(27)23-21-15-9-5-7-11-18(15)30-19-12-8-6-10-16(19)21/h5-13,20-21H,3-4,14H2,1-2H3,(H,23,27). The van der Waals surface area contributed by atoms with Gasteiger partial charge in [-0.1, -0.05) is 41.6 Å². The van der Waals surface area contributed by atoms with Crippen molar-refractivity contribution >= 4 is 5.91 Å².